The number of esters is 1. The number of rotatable bonds is 5. The van der Waals surface area contributed by atoms with Crippen LogP contribution in [-0.2, 0) is 0 Å². The second-order valence-corrected chi connectivity index (χ2v) is 6.46. The highest BCUT2D eigenvalue weighted by molar-refractivity contribution is 6.14. The molecule has 0 saturated carbocycles. The molecular weight excluding hydrogens is 387 g/mol. The first-order chi connectivity index (χ1) is 14.5. The molecule has 5 nitrogen and oxygen atoms in total. The van der Waals surface area contributed by atoms with Gasteiger partial charge in [-0.3, -0.25) is 4.79 Å². The quantitative estimate of drug-likeness (QED) is 0.338. The van der Waals surface area contributed by atoms with Crippen molar-refractivity contribution in [3.63, 3.8) is 0 Å². The molecule has 3 aromatic rings. The van der Waals surface area contributed by atoms with Gasteiger partial charge in [0.15, 0.2) is 5.76 Å². The minimum Gasteiger partial charge on any atom is -0.494 e. The predicted octanol–water partition coefficient (Wildman–Crippen LogP) is 5.06. The molecule has 1 aliphatic heterocycles. The molecule has 3 aromatic carbocycles. The molecule has 150 valence electrons. The average molecular weight is 404 g/mol. The average Bonchev–Trinajstić information content (AvgIpc) is 3.05. The van der Waals surface area contributed by atoms with Crippen molar-refractivity contribution in [1.29, 1.82) is 0 Å². The standard InChI is InChI=1S/C24H17FO5/c1-2-28-18-11-12-19-21(14-18)29-22(23(19)26)13-16-5-3-4-6-20(16)30-24(27)15-7-9-17(25)10-8-15/h3-14H,2H2,1H3/b22-13-. The van der Waals surface area contributed by atoms with Crippen molar-refractivity contribution in [3.05, 3.63) is 95.0 Å². The first-order valence-electron chi connectivity index (χ1n) is 9.33. The smallest absolute Gasteiger partial charge is 0.343 e. The van der Waals surface area contributed by atoms with Crippen LogP contribution in [0.15, 0.2) is 72.5 Å². The Morgan fingerprint density at radius 2 is 1.83 bits per heavy atom. The molecule has 0 N–H and O–H groups in total. The van der Waals surface area contributed by atoms with Gasteiger partial charge >= 0.3 is 5.97 Å². The lowest BCUT2D eigenvalue weighted by molar-refractivity contribution is 0.0734. The summed E-state index contributed by atoms with van der Waals surface area (Å²) in [6.07, 6.45) is 1.52. The van der Waals surface area contributed by atoms with Crippen molar-refractivity contribution >= 4 is 17.8 Å². The van der Waals surface area contributed by atoms with E-state index in [-0.39, 0.29) is 22.9 Å². The van der Waals surface area contributed by atoms with E-state index < -0.39 is 11.8 Å². The maximum absolute atomic E-state index is 13.1. The number of carbonyl (C=O) groups is 2. The van der Waals surface area contributed by atoms with E-state index in [2.05, 4.69) is 0 Å². The predicted molar refractivity (Wildman–Crippen MR) is 108 cm³/mol. The Kier molecular flexibility index (Phi) is 5.30. The molecule has 0 atom stereocenters. The monoisotopic (exact) mass is 404 g/mol. The fourth-order valence-corrected chi connectivity index (χ4v) is 3.00. The second kappa shape index (κ2) is 8.21. The Labute approximate surface area is 172 Å². The van der Waals surface area contributed by atoms with E-state index in [9.17, 15) is 14.0 Å². The van der Waals surface area contributed by atoms with Gasteiger partial charge in [0, 0.05) is 11.6 Å². The van der Waals surface area contributed by atoms with Crippen LogP contribution in [0.25, 0.3) is 6.08 Å². The number of fused-ring (bicyclic) bond motifs is 1. The summed E-state index contributed by atoms with van der Waals surface area (Å²) in [5.74, 6) is 0.0417. The van der Waals surface area contributed by atoms with Gasteiger partial charge in [0.05, 0.1) is 17.7 Å². The van der Waals surface area contributed by atoms with Crippen molar-refractivity contribution in [1.82, 2.24) is 0 Å². The number of Topliss-reactive ketones (excluding diaryl/α,β-unsaturated/α-hetero) is 1. The Bertz CT molecular complexity index is 1150. The minimum absolute atomic E-state index is 0.115. The maximum Gasteiger partial charge on any atom is 0.343 e. The number of benzene rings is 3. The molecule has 0 fully saturated rings. The van der Waals surface area contributed by atoms with Crippen molar-refractivity contribution in [3.8, 4) is 17.2 Å². The van der Waals surface area contributed by atoms with Crippen LogP contribution in [0.3, 0.4) is 0 Å². The zero-order valence-electron chi connectivity index (χ0n) is 16.1. The van der Waals surface area contributed by atoms with Crippen LogP contribution in [-0.4, -0.2) is 18.4 Å². The maximum atomic E-state index is 13.1. The molecule has 1 aliphatic rings. The Hall–Kier alpha value is -3.93. The SMILES string of the molecule is CCOc1ccc2c(c1)O/C(=C\c1ccccc1OC(=O)c1ccc(F)cc1)C2=O. The van der Waals surface area contributed by atoms with Crippen LogP contribution in [0.1, 0.15) is 33.2 Å². The van der Waals surface area contributed by atoms with Gasteiger partial charge in [0.1, 0.15) is 23.1 Å². The minimum atomic E-state index is -0.635. The molecule has 0 aliphatic carbocycles. The van der Waals surface area contributed by atoms with Crippen molar-refractivity contribution in [2.45, 2.75) is 6.92 Å². The highest BCUT2D eigenvalue weighted by atomic mass is 19.1. The molecule has 0 spiro atoms. The lowest BCUT2D eigenvalue weighted by Gasteiger charge is -2.08. The van der Waals surface area contributed by atoms with E-state index in [0.29, 0.717) is 29.2 Å². The van der Waals surface area contributed by atoms with E-state index in [4.69, 9.17) is 14.2 Å². The summed E-state index contributed by atoms with van der Waals surface area (Å²) in [6, 6.07) is 16.8. The number of halogens is 1. The molecule has 1 heterocycles. The van der Waals surface area contributed by atoms with E-state index in [1.807, 2.05) is 6.92 Å². The summed E-state index contributed by atoms with van der Waals surface area (Å²) in [6.45, 7) is 2.37. The number of hydrogen-bond acceptors (Lipinski definition) is 5. The second-order valence-electron chi connectivity index (χ2n) is 6.46. The van der Waals surface area contributed by atoms with Gasteiger partial charge in [0.2, 0.25) is 5.78 Å². The molecule has 30 heavy (non-hydrogen) atoms. The van der Waals surface area contributed by atoms with Crippen LogP contribution in [0.2, 0.25) is 0 Å². The van der Waals surface area contributed by atoms with Crippen LogP contribution < -0.4 is 14.2 Å². The van der Waals surface area contributed by atoms with Crippen LogP contribution in [0.4, 0.5) is 4.39 Å². The third-order valence-electron chi connectivity index (χ3n) is 4.44. The number of ketones is 1. The normalized spacial score (nSPS) is 13.7. The topological polar surface area (TPSA) is 61.8 Å². The van der Waals surface area contributed by atoms with Crippen LogP contribution >= 0.6 is 0 Å². The number of para-hydroxylation sites is 1. The number of ether oxygens (including phenoxy) is 3. The van der Waals surface area contributed by atoms with Gasteiger partial charge in [0.25, 0.3) is 0 Å². The highest BCUT2D eigenvalue weighted by Crippen LogP contribution is 2.35. The van der Waals surface area contributed by atoms with Crippen molar-refractivity contribution in [2.75, 3.05) is 6.61 Å². The van der Waals surface area contributed by atoms with Crippen molar-refractivity contribution < 1.29 is 28.2 Å². The molecule has 0 bridgehead atoms. The van der Waals surface area contributed by atoms with Gasteiger partial charge < -0.3 is 14.2 Å². The summed E-state index contributed by atoms with van der Waals surface area (Å²) in [4.78, 5) is 25.1. The summed E-state index contributed by atoms with van der Waals surface area (Å²) in [7, 11) is 0. The number of hydrogen-bond donors (Lipinski definition) is 0. The molecule has 4 rings (SSSR count). The fraction of sp³-hybridized carbons (Fsp3) is 0.0833. The molecule has 0 aromatic heterocycles. The van der Waals surface area contributed by atoms with Crippen LogP contribution in [0, 0.1) is 5.82 Å². The lowest BCUT2D eigenvalue weighted by Crippen LogP contribution is -2.09. The Morgan fingerprint density at radius 3 is 2.60 bits per heavy atom. The van der Waals surface area contributed by atoms with E-state index in [1.54, 1.807) is 42.5 Å². The van der Waals surface area contributed by atoms with Crippen molar-refractivity contribution in [2.24, 2.45) is 0 Å². The Balaban J connectivity index is 1.59. The van der Waals surface area contributed by atoms with Gasteiger partial charge in [-0.05, 0) is 55.5 Å². The van der Waals surface area contributed by atoms with Gasteiger partial charge in [-0.2, -0.15) is 0 Å². The third-order valence-corrected chi connectivity index (χ3v) is 4.44. The Morgan fingerprint density at radius 1 is 1.07 bits per heavy atom. The van der Waals surface area contributed by atoms with E-state index >= 15 is 0 Å². The molecule has 0 radical (unpaired) electrons. The summed E-state index contributed by atoms with van der Waals surface area (Å²) in [5, 5.41) is 0. The van der Waals surface area contributed by atoms with Gasteiger partial charge in [-0.1, -0.05) is 18.2 Å². The number of carbonyl (C=O) groups excluding carboxylic acids is 2. The zero-order valence-corrected chi connectivity index (χ0v) is 16.1. The first-order valence-corrected chi connectivity index (χ1v) is 9.33. The molecular formula is C24H17FO5. The third kappa shape index (κ3) is 3.93. The molecule has 0 saturated heterocycles. The lowest BCUT2D eigenvalue weighted by atomic mass is 10.1. The molecule has 6 heteroatoms. The first kappa shape index (κ1) is 19.4. The van der Waals surface area contributed by atoms with E-state index in [0.717, 1.165) is 0 Å². The van der Waals surface area contributed by atoms with Crippen LogP contribution in [0.5, 0.6) is 17.2 Å². The number of allylic oxidation sites excluding steroid dienone is 1. The summed E-state index contributed by atoms with van der Waals surface area (Å²) in [5.41, 5.74) is 1.14. The van der Waals surface area contributed by atoms with Gasteiger partial charge in [-0.15, -0.1) is 0 Å². The largest absolute Gasteiger partial charge is 0.494 e. The fourth-order valence-electron chi connectivity index (χ4n) is 3.00. The molecule has 0 unspecified atom stereocenters. The summed E-state index contributed by atoms with van der Waals surface area (Å²) >= 11 is 0. The molecule has 0 amide bonds. The highest BCUT2D eigenvalue weighted by Gasteiger charge is 2.28. The van der Waals surface area contributed by atoms with Gasteiger partial charge in [-0.25, -0.2) is 9.18 Å². The zero-order chi connectivity index (χ0) is 21.1. The van der Waals surface area contributed by atoms with E-state index in [1.165, 1.54) is 30.3 Å². The summed E-state index contributed by atoms with van der Waals surface area (Å²) < 4.78 is 29.7.